The van der Waals surface area contributed by atoms with Crippen LogP contribution in [-0.4, -0.2) is 31.2 Å². The van der Waals surface area contributed by atoms with Gasteiger partial charge >= 0.3 is 0 Å². The van der Waals surface area contributed by atoms with Gasteiger partial charge in [0.05, 0.1) is 30.8 Å². The van der Waals surface area contributed by atoms with E-state index >= 15 is 0 Å². The van der Waals surface area contributed by atoms with E-state index in [1.165, 1.54) is 26.4 Å². The van der Waals surface area contributed by atoms with Gasteiger partial charge in [-0.25, -0.2) is 0 Å². The fourth-order valence-electron chi connectivity index (χ4n) is 1.78. The van der Waals surface area contributed by atoms with Crippen LogP contribution < -0.4 is 20.5 Å². The smallest absolute Gasteiger partial charge is 0.235 e. The molecule has 116 valence electrons. The van der Waals surface area contributed by atoms with Crippen molar-refractivity contribution in [1.82, 2.24) is 0 Å². The molecule has 0 aliphatic rings. The third kappa shape index (κ3) is 3.91. The van der Waals surface area contributed by atoms with Crippen molar-refractivity contribution in [2.45, 2.75) is 13.3 Å². The largest absolute Gasteiger partial charge is 0.495 e. The fourth-order valence-corrected chi connectivity index (χ4v) is 2.01. The molecule has 0 spiro atoms. The predicted molar refractivity (Wildman–Crippen MR) is 80.4 cm³/mol. The number of amides is 1. The maximum Gasteiger partial charge on any atom is 0.235 e. The zero-order chi connectivity index (χ0) is 16.0. The number of nitrogens with two attached hydrogens (primary N) is 1. The highest BCUT2D eigenvalue weighted by Crippen LogP contribution is 2.36. The molecular formula is C13H18ClN3O4. The van der Waals surface area contributed by atoms with Crippen LogP contribution in [-0.2, 0) is 4.79 Å². The van der Waals surface area contributed by atoms with Crippen LogP contribution in [0, 0.1) is 5.92 Å². The number of hydrogen-bond acceptors (Lipinski definition) is 5. The Morgan fingerprint density at radius 2 is 2.05 bits per heavy atom. The predicted octanol–water partition coefficient (Wildman–Crippen LogP) is 2.07. The van der Waals surface area contributed by atoms with Gasteiger partial charge in [0.25, 0.3) is 0 Å². The Morgan fingerprint density at radius 3 is 2.52 bits per heavy atom. The molecule has 7 nitrogen and oxygen atoms in total. The SMILES string of the molecule is CCC(C(=O)Nc1cc(OC)c(Cl)cc1OC)C(N)=NO. The van der Waals surface area contributed by atoms with Gasteiger partial charge in [-0.2, -0.15) is 0 Å². The lowest BCUT2D eigenvalue weighted by Gasteiger charge is -2.16. The molecule has 0 saturated heterocycles. The maximum absolute atomic E-state index is 12.2. The molecule has 0 bridgehead atoms. The molecule has 1 amide bonds. The molecule has 8 heteroatoms. The van der Waals surface area contributed by atoms with Gasteiger partial charge in [-0.15, -0.1) is 0 Å². The summed E-state index contributed by atoms with van der Waals surface area (Å²) in [5.74, 6) is -0.556. The van der Waals surface area contributed by atoms with Gasteiger partial charge in [-0.05, 0) is 6.42 Å². The van der Waals surface area contributed by atoms with Crippen LogP contribution in [0.15, 0.2) is 17.3 Å². The Balaban J connectivity index is 3.08. The first-order chi connectivity index (χ1) is 9.98. The third-order valence-corrected chi connectivity index (χ3v) is 3.22. The highest BCUT2D eigenvalue weighted by molar-refractivity contribution is 6.32. The van der Waals surface area contributed by atoms with E-state index in [9.17, 15) is 4.79 Å². The average molecular weight is 316 g/mol. The monoisotopic (exact) mass is 315 g/mol. The molecule has 1 rings (SSSR count). The molecule has 21 heavy (non-hydrogen) atoms. The number of halogens is 1. The number of anilines is 1. The molecule has 1 unspecified atom stereocenters. The molecule has 1 aromatic carbocycles. The van der Waals surface area contributed by atoms with E-state index < -0.39 is 11.8 Å². The van der Waals surface area contributed by atoms with Gasteiger partial charge in [-0.1, -0.05) is 23.7 Å². The van der Waals surface area contributed by atoms with E-state index in [0.29, 0.717) is 28.6 Å². The summed E-state index contributed by atoms with van der Waals surface area (Å²) in [5, 5.41) is 14.6. The lowest BCUT2D eigenvalue weighted by atomic mass is 10.0. The second-order valence-electron chi connectivity index (χ2n) is 4.16. The summed E-state index contributed by atoms with van der Waals surface area (Å²) in [5.41, 5.74) is 5.88. The van der Waals surface area contributed by atoms with Gasteiger partial charge in [0.1, 0.15) is 11.5 Å². The summed E-state index contributed by atoms with van der Waals surface area (Å²) in [6, 6.07) is 3.07. The zero-order valence-electron chi connectivity index (χ0n) is 12.0. The quantitative estimate of drug-likeness (QED) is 0.322. The number of nitrogens with one attached hydrogen (secondary N) is 1. The van der Waals surface area contributed by atoms with Crippen LogP contribution in [0.1, 0.15) is 13.3 Å². The van der Waals surface area contributed by atoms with Crippen LogP contribution in [0.3, 0.4) is 0 Å². The van der Waals surface area contributed by atoms with Gasteiger partial charge in [0.2, 0.25) is 5.91 Å². The van der Waals surface area contributed by atoms with Crippen molar-refractivity contribution in [3.05, 3.63) is 17.2 Å². The van der Waals surface area contributed by atoms with E-state index in [-0.39, 0.29) is 5.84 Å². The standard InChI is InChI=1S/C13H18ClN3O4/c1-4-7(12(15)17-19)13(18)16-9-6-10(20-2)8(14)5-11(9)21-3/h5-7,19H,4H2,1-3H3,(H2,15,17)(H,16,18). The summed E-state index contributed by atoms with van der Waals surface area (Å²) in [7, 11) is 2.92. The van der Waals surface area contributed by atoms with E-state index in [4.69, 9.17) is 32.0 Å². The molecule has 0 saturated carbocycles. The lowest BCUT2D eigenvalue weighted by Crippen LogP contribution is -2.34. The molecule has 1 atom stereocenters. The minimum atomic E-state index is -0.749. The number of benzene rings is 1. The van der Waals surface area contributed by atoms with Crippen molar-refractivity contribution < 1.29 is 19.5 Å². The van der Waals surface area contributed by atoms with E-state index in [1.54, 1.807) is 6.92 Å². The minimum Gasteiger partial charge on any atom is -0.495 e. The van der Waals surface area contributed by atoms with E-state index in [0.717, 1.165) is 0 Å². The van der Waals surface area contributed by atoms with Gasteiger partial charge in [-0.3, -0.25) is 4.79 Å². The average Bonchev–Trinajstić information content (AvgIpc) is 2.48. The topological polar surface area (TPSA) is 106 Å². The van der Waals surface area contributed by atoms with Gasteiger partial charge < -0.3 is 25.7 Å². The van der Waals surface area contributed by atoms with Crippen molar-refractivity contribution in [2.75, 3.05) is 19.5 Å². The summed E-state index contributed by atoms with van der Waals surface area (Å²) in [6.07, 6.45) is 0.384. The van der Waals surface area contributed by atoms with Crippen molar-refractivity contribution in [3.8, 4) is 11.5 Å². The number of methoxy groups -OCH3 is 2. The highest BCUT2D eigenvalue weighted by Gasteiger charge is 2.23. The normalized spacial score (nSPS) is 12.7. The lowest BCUT2D eigenvalue weighted by molar-refractivity contribution is -0.118. The molecule has 4 N–H and O–H groups in total. The van der Waals surface area contributed by atoms with Gasteiger partial charge in [0.15, 0.2) is 5.84 Å². The summed E-state index contributed by atoms with van der Waals surface area (Å²) in [6.45, 7) is 1.75. The molecule has 0 aromatic heterocycles. The van der Waals surface area contributed by atoms with Crippen molar-refractivity contribution in [2.24, 2.45) is 16.8 Å². The molecule has 0 radical (unpaired) electrons. The number of carbonyl (C=O) groups is 1. The number of amidine groups is 1. The number of nitrogens with zero attached hydrogens (tertiary/aromatic N) is 1. The van der Waals surface area contributed by atoms with E-state index in [2.05, 4.69) is 10.5 Å². The first-order valence-electron chi connectivity index (χ1n) is 6.18. The number of oxime groups is 1. The van der Waals surface area contributed by atoms with Crippen LogP contribution in [0.5, 0.6) is 11.5 Å². The Hall–Kier alpha value is -2.15. The second kappa shape index (κ2) is 7.58. The molecule has 0 heterocycles. The van der Waals surface area contributed by atoms with Crippen LogP contribution >= 0.6 is 11.6 Å². The van der Waals surface area contributed by atoms with Crippen LogP contribution in [0.4, 0.5) is 5.69 Å². The highest BCUT2D eigenvalue weighted by atomic mass is 35.5. The zero-order valence-corrected chi connectivity index (χ0v) is 12.8. The Labute approximate surface area is 127 Å². The Kier molecular flexibility index (Phi) is 6.10. The number of hydrogen-bond donors (Lipinski definition) is 3. The molecule has 0 aliphatic heterocycles. The summed E-state index contributed by atoms with van der Waals surface area (Å²) < 4.78 is 10.3. The molecular weight excluding hydrogens is 298 g/mol. The third-order valence-electron chi connectivity index (χ3n) is 2.93. The number of ether oxygens (including phenoxy) is 2. The van der Waals surface area contributed by atoms with Crippen LogP contribution in [0.2, 0.25) is 5.02 Å². The van der Waals surface area contributed by atoms with E-state index in [1.807, 2.05) is 0 Å². The van der Waals surface area contributed by atoms with Crippen molar-refractivity contribution in [1.29, 1.82) is 0 Å². The van der Waals surface area contributed by atoms with Crippen molar-refractivity contribution in [3.63, 3.8) is 0 Å². The first-order valence-corrected chi connectivity index (χ1v) is 6.56. The van der Waals surface area contributed by atoms with Crippen molar-refractivity contribution >= 4 is 29.0 Å². The molecule has 0 aliphatic carbocycles. The number of rotatable bonds is 6. The number of carbonyl (C=O) groups excluding carboxylic acids is 1. The second-order valence-corrected chi connectivity index (χ2v) is 4.57. The Bertz CT molecular complexity index is 548. The minimum absolute atomic E-state index is 0.158. The maximum atomic E-state index is 12.2. The first kappa shape index (κ1) is 16.9. The molecule has 1 aromatic rings. The summed E-state index contributed by atoms with van der Waals surface area (Å²) >= 11 is 5.99. The molecule has 0 fully saturated rings. The van der Waals surface area contributed by atoms with Gasteiger partial charge in [0, 0.05) is 12.1 Å². The fraction of sp³-hybridized carbons (Fsp3) is 0.385. The van der Waals surface area contributed by atoms with Crippen LogP contribution in [0.25, 0.3) is 0 Å². The Morgan fingerprint density at radius 1 is 1.43 bits per heavy atom. The summed E-state index contributed by atoms with van der Waals surface area (Å²) in [4.78, 5) is 12.2.